The summed E-state index contributed by atoms with van der Waals surface area (Å²) in [5.74, 6) is 1.31. The monoisotopic (exact) mass is 450 g/mol. The van der Waals surface area contributed by atoms with Gasteiger partial charge in [0.05, 0.1) is 26.8 Å². The first kappa shape index (κ1) is 22.0. The van der Waals surface area contributed by atoms with Crippen LogP contribution in [0.4, 0.5) is 5.69 Å². The first-order valence-electron chi connectivity index (χ1n) is 10.4. The summed E-state index contributed by atoms with van der Waals surface area (Å²) in [5, 5.41) is 5.01. The number of carbonyl (C=O) groups is 2. The van der Waals surface area contributed by atoms with Gasteiger partial charge in [-0.05, 0) is 72.3 Å². The van der Waals surface area contributed by atoms with E-state index in [4.69, 9.17) is 9.47 Å². The van der Waals surface area contributed by atoms with Gasteiger partial charge in [0.2, 0.25) is 5.91 Å². The molecule has 1 aliphatic heterocycles. The van der Waals surface area contributed by atoms with E-state index >= 15 is 0 Å². The normalized spacial score (nSPS) is 15.7. The predicted molar refractivity (Wildman–Crippen MR) is 126 cm³/mol. The summed E-state index contributed by atoms with van der Waals surface area (Å²) in [6, 6.07) is 15.1. The summed E-state index contributed by atoms with van der Waals surface area (Å²) < 4.78 is 11.0. The SMILES string of the molecule is COc1cc2c(cc1OC)[C@H](c1cccs1)N(CC(=O)Nc1ccc(C(C)=O)cc1)CC2. The molecule has 6 nitrogen and oxygen atoms in total. The second kappa shape index (κ2) is 9.54. The Labute approximate surface area is 191 Å². The van der Waals surface area contributed by atoms with E-state index in [0.29, 0.717) is 17.0 Å². The third kappa shape index (κ3) is 4.54. The summed E-state index contributed by atoms with van der Waals surface area (Å²) in [6.07, 6.45) is 0.818. The average Bonchev–Trinajstić information content (AvgIpc) is 3.32. The Morgan fingerprint density at radius 3 is 2.44 bits per heavy atom. The summed E-state index contributed by atoms with van der Waals surface area (Å²) in [5.41, 5.74) is 3.64. The van der Waals surface area contributed by atoms with Crippen molar-refractivity contribution in [1.29, 1.82) is 0 Å². The Kier molecular flexibility index (Phi) is 6.58. The number of rotatable bonds is 7. The smallest absolute Gasteiger partial charge is 0.238 e. The molecular formula is C25H26N2O4S. The highest BCUT2D eigenvalue weighted by molar-refractivity contribution is 7.10. The number of hydrogen-bond acceptors (Lipinski definition) is 6. The highest BCUT2D eigenvalue weighted by Gasteiger charge is 2.32. The molecule has 32 heavy (non-hydrogen) atoms. The van der Waals surface area contributed by atoms with E-state index < -0.39 is 0 Å². The molecule has 1 aliphatic rings. The van der Waals surface area contributed by atoms with Crippen LogP contribution >= 0.6 is 11.3 Å². The molecule has 0 bridgehead atoms. The Hall–Kier alpha value is -3.16. The number of fused-ring (bicyclic) bond motifs is 1. The van der Waals surface area contributed by atoms with Crippen molar-refractivity contribution < 1.29 is 19.1 Å². The van der Waals surface area contributed by atoms with Crippen molar-refractivity contribution in [2.45, 2.75) is 19.4 Å². The van der Waals surface area contributed by atoms with E-state index in [1.165, 1.54) is 17.4 Å². The van der Waals surface area contributed by atoms with Crippen LogP contribution in [0.15, 0.2) is 53.9 Å². The number of ether oxygens (including phenoxy) is 2. The van der Waals surface area contributed by atoms with Crippen LogP contribution < -0.4 is 14.8 Å². The van der Waals surface area contributed by atoms with Gasteiger partial charge in [0.1, 0.15) is 0 Å². The molecule has 1 N–H and O–H groups in total. The van der Waals surface area contributed by atoms with E-state index in [9.17, 15) is 9.59 Å². The quantitative estimate of drug-likeness (QED) is 0.535. The third-order valence-electron chi connectivity index (χ3n) is 5.71. The van der Waals surface area contributed by atoms with Crippen molar-refractivity contribution in [1.82, 2.24) is 4.90 Å². The maximum Gasteiger partial charge on any atom is 0.238 e. The van der Waals surface area contributed by atoms with Crippen molar-refractivity contribution >= 4 is 28.7 Å². The van der Waals surface area contributed by atoms with Gasteiger partial charge in [-0.3, -0.25) is 14.5 Å². The van der Waals surface area contributed by atoms with Crippen LogP contribution in [-0.4, -0.2) is 43.9 Å². The zero-order chi connectivity index (χ0) is 22.7. The molecule has 0 saturated heterocycles. The number of anilines is 1. The number of thiophene rings is 1. The number of amides is 1. The summed E-state index contributed by atoms with van der Waals surface area (Å²) in [7, 11) is 3.28. The number of nitrogens with one attached hydrogen (secondary N) is 1. The zero-order valence-electron chi connectivity index (χ0n) is 18.4. The van der Waals surface area contributed by atoms with Crippen molar-refractivity contribution in [3.63, 3.8) is 0 Å². The van der Waals surface area contributed by atoms with Gasteiger partial charge in [0.15, 0.2) is 17.3 Å². The first-order valence-corrected chi connectivity index (χ1v) is 11.3. The molecule has 0 fully saturated rings. The van der Waals surface area contributed by atoms with E-state index in [1.807, 2.05) is 18.2 Å². The number of Topliss-reactive ketones (excluding diaryl/α,β-unsaturated/α-hetero) is 1. The fraction of sp³-hybridized carbons (Fsp3) is 0.280. The number of benzene rings is 2. The van der Waals surface area contributed by atoms with Gasteiger partial charge in [-0.2, -0.15) is 0 Å². The van der Waals surface area contributed by atoms with Gasteiger partial charge in [-0.15, -0.1) is 11.3 Å². The minimum absolute atomic E-state index is 0.000654. The number of nitrogens with zero attached hydrogens (tertiary/aromatic N) is 1. The first-order chi connectivity index (χ1) is 15.5. The van der Waals surface area contributed by atoms with Crippen LogP contribution in [0.3, 0.4) is 0 Å². The van der Waals surface area contributed by atoms with Crippen LogP contribution in [0.25, 0.3) is 0 Å². The van der Waals surface area contributed by atoms with Gasteiger partial charge in [0, 0.05) is 22.7 Å². The van der Waals surface area contributed by atoms with Crippen LogP contribution in [0.1, 0.15) is 39.3 Å². The largest absolute Gasteiger partial charge is 0.493 e. The van der Waals surface area contributed by atoms with Gasteiger partial charge < -0.3 is 14.8 Å². The highest BCUT2D eigenvalue weighted by atomic mass is 32.1. The predicted octanol–water partition coefficient (Wildman–Crippen LogP) is 4.55. The lowest BCUT2D eigenvalue weighted by atomic mass is 9.91. The topological polar surface area (TPSA) is 67.9 Å². The van der Waals surface area contributed by atoms with Crippen LogP contribution in [0.5, 0.6) is 11.5 Å². The van der Waals surface area contributed by atoms with E-state index in [1.54, 1.807) is 49.8 Å². The lowest BCUT2D eigenvalue weighted by Crippen LogP contribution is -2.40. The minimum atomic E-state index is -0.0916. The van der Waals surface area contributed by atoms with Crippen molar-refractivity contribution in [2.24, 2.45) is 0 Å². The number of carbonyl (C=O) groups excluding carboxylic acids is 2. The van der Waals surface area contributed by atoms with Gasteiger partial charge >= 0.3 is 0 Å². The van der Waals surface area contributed by atoms with Crippen LogP contribution in [0, 0.1) is 0 Å². The second-order valence-electron chi connectivity index (χ2n) is 7.73. The maximum absolute atomic E-state index is 12.9. The van der Waals surface area contributed by atoms with Gasteiger partial charge in [0.25, 0.3) is 0 Å². The molecule has 1 amide bonds. The molecule has 0 aliphatic carbocycles. The van der Waals surface area contributed by atoms with Crippen LogP contribution in [0.2, 0.25) is 0 Å². The van der Waals surface area contributed by atoms with Crippen molar-refractivity contribution in [3.05, 3.63) is 75.5 Å². The standard InChI is InChI=1S/C25H26N2O4S/c1-16(28)17-6-8-19(9-7-17)26-24(29)15-27-11-10-18-13-21(30-2)22(31-3)14-20(18)25(27)23-5-4-12-32-23/h4-9,12-14,25H,10-11,15H2,1-3H3,(H,26,29)/t25-/m1/s1. The fourth-order valence-electron chi connectivity index (χ4n) is 4.12. The Morgan fingerprint density at radius 2 is 1.81 bits per heavy atom. The van der Waals surface area contributed by atoms with E-state index in [0.717, 1.165) is 24.3 Å². The maximum atomic E-state index is 12.9. The highest BCUT2D eigenvalue weighted by Crippen LogP contribution is 2.42. The molecule has 0 saturated carbocycles. The van der Waals surface area contributed by atoms with Gasteiger partial charge in [-0.25, -0.2) is 0 Å². The molecule has 1 aromatic heterocycles. The Bertz CT molecular complexity index is 1110. The molecule has 3 aromatic rings. The third-order valence-corrected chi connectivity index (χ3v) is 6.63. The lowest BCUT2D eigenvalue weighted by Gasteiger charge is -2.37. The Morgan fingerprint density at radius 1 is 1.09 bits per heavy atom. The van der Waals surface area contributed by atoms with Crippen molar-refractivity contribution in [3.8, 4) is 11.5 Å². The fourth-order valence-corrected chi connectivity index (χ4v) is 5.00. The molecule has 2 heterocycles. The molecule has 0 radical (unpaired) electrons. The summed E-state index contributed by atoms with van der Waals surface area (Å²) in [6.45, 7) is 2.53. The summed E-state index contributed by atoms with van der Waals surface area (Å²) in [4.78, 5) is 27.7. The van der Waals surface area contributed by atoms with Crippen molar-refractivity contribution in [2.75, 3.05) is 32.6 Å². The molecule has 1 atom stereocenters. The number of ketones is 1. The lowest BCUT2D eigenvalue weighted by molar-refractivity contribution is -0.117. The molecule has 4 rings (SSSR count). The van der Waals surface area contributed by atoms with E-state index in [-0.39, 0.29) is 24.3 Å². The minimum Gasteiger partial charge on any atom is -0.493 e. The zero-order valence-corrected chi connectivity index (χ0v) is 19.2. The molecule has 7 heteroatoms. The molecule has 0 spiro atoms. The molecular weight excluding hydrogens is 424 g/mol. The van der Waals surface area contributed by atoms with Gasteiger partial charge in [-0.1, -0.05) is 6.07 Å². The number of methoxy groups -OCH3 is 2. The Balaban J connectivity index is 1.58. The molecule has 2 aromatic carbocycles. The second-order valence-corrected chi connectivity index (χ2v) is 8.71. The van der Waals surface area contributed by atoms with Crippen LogP contribution in [-0.2, 0) is 11.2 Å². The van der Waals surface area contributed by atoms with E-state index in [2.05, 4.69) is 21.7 Å². The molecule has 166 valence electrons. The summed E-state index contributed by atoms with van der Waals surface area (Å²) >= 11 is 1.68. The molecule has 0 unspecified atom stereocenters. The number of hydrogen-bond donors (Lipinski definition) is 1. The average molecular weight is 451 g/mol.